The Balaban J connectivity index is 1.83. The molecule has 1 atom stereocenters. The maximum absolute atomic E-state index is 4.63. The fourth-order valence-electron chi connectivity index (χ4n) is 2.19. The maximum Gasteiger partial charge on any atom is 0.193 e. The van der Waals surface area contributed by atoms with Gasteiger partial charge in [0.1, 0.15) is 0 Å². The zero-order valence-corrected chi connectivity index (χ0v) is 11.6. The Morgan fingerprint density at radius 1 is 1.42 bits per heavy atom. The lowest BCUT2D eigenvalue weighted by molar-refractivity contribution is 0.532. The van der Waals surface area contributed by atoms with E-state index >= 15 is 0 Å². The second-order valence-electron chi connectivity index (χ2n) is 4.39. The second-order valence-corrected chi connectivity index (χ2v) is 5.27. The lowest BCUT2D eigenvalue weighted by atomic mass is 10.1. The highest BCUT2D eigenvalue weighted by molar-refractivity contribution is 7.15. The normalized spacial score (nSPS) is 12.9. The molecule has 3 heterocycles. The molecular weight excluding hydrogens is 256 g/mol. The van der Waals surface area contributed by atoms with Crippen molar-refractivity contribution in [3.63, 3.8) is 0 Å². The number of pyridine rings is 1. The van der Waals surface area contributed by atoms with Crippen molar-refractivity contribution in [1.29, 1.82) is 0 Å². The summed E-state index contributed by atoms with van der Waals surface area (Å²) < 4.78 is 2.07. The molecule has 3 rings (SSSR count). The number of rotatable bonds is 5. The van der Waals surface area contributed by atoms with Crippen LogP contribution >= 0.6 is 11.3 Å². The number of hydrogen-bond donors (Lipinski definition) is 1. The fourth-order valence-corrected chi connectivity index (χ4v) is 2.91. The largest absolute Gasteiger partial charge is 0.309 e. The lowest BCUT2D eigenvalue weighted by Crippen LogP contribution is -2.23. The van der Waals surface area contributed by atoms with Gasteiger partial charge in [0.25, 0.3) is 0 Å². The first-order valence-corrected chi connectivity index (χ1v) is 7.30. The van der Waals surface area contributed by atoms with E-state index in [9.17, 15) is 0 Å². The molecular formula is C14H16N4S. The van der Waals surface area contributed by atoms with E-state index in [0.717, 1.165) is 29.3 Å². The van der Waals surface area contributed by atoms with Crippen LogP contribution in [0.15, 0.2) is 42.2 Å². The summed E-state index contributed by atoms with van der Waals surface area (Å²) in [5, 5.41) is 5.52. The zero-order valence-electron chi connectivity index (χ0n) is 10.8. The second kappa shape index (κ2) is 5.50. The molecule has 0 amide bonds. The first-order chi connectivity index (χ1) is 9.36. The van der Waals surface area contributed by atoms with Gasteiger partial charge < -0.3 is 5.32 Å². The molecule has 0 aliphatic carbocycles. The van der Waals surface area contributed by atoms with Crippen LogP contribution in [-0.4, -0.2) is 20.9 Å². The van der Waals surface area contributed by atoms with Crippen molar-refractivity contribution in [3.8, 4) is 0 Å². The number of imidazole rings is 1. The minimum absolute atomic E-state index is 0.218. The summed E-state index contributed by atoms with van der Waals surface area (Å²) in [5.41, 5.74) is 2.17. The number of hydrogen-bond acceptors (Lipinski definition) is 4. The Morgan fingerprint density at radius 3 is 3.11 bits per heavy atom. The molecule has 0 aromatic carbocycles. The summed E-state index contributed by atoms with van der Waals surface area (Å²) in [7, 11) is 0. The summed E-state index contributed by atoms with van der Waals surface area (Å²) in [6, 6.07) is 6.25. The number of thiazole rings is 1. The first kappa shape index (κ1) is 12.3. The van der Waals surface area contributed by atoms with Gasteiger partial charge in [-0.05, 0) is 18.7 Å². The maximum atomic E-state index is 4.63. The summed E-state index contributed by atoms with van der Waals surface area (Å²) in [5.74, 6) is 0. The molecule has 0 aliphatic heterocycles. The quantitative estimate of drug-likeness (QED) is 0.776. The van der Waals surface area contributed by atoms with Crippen LogP contribution in [0, 0.1) is 0 Å². The van der Waals surface area contributed by atoms with Crippen LogP contribution in [0.25, 0.3) is 4.96 Å². The summed E-state index contributed by atoms with van der Waals surface area (Å²) in [4.78, 5) is 10.1. The molecule has 0 fully saturated rings. The van der Waals surface area contributed by atoms with Crippen molar-refractivity contribution in [2.75, 3.05) is 6.54 Å². The number of fused-ring (bicyclic) bond motifs is 1. The Hall–Kier alpha value is -1.72. The van der Waals surface area contributed by atoms with Crippen LogP contribution in [0.2, 0.25) is 0 Å². The van der Waals surface area contributed by atoms with Crippen molar-refractivity contribution < 1.29 is 0 Å². The van der Waals surface area contributed by atoms with Gasteiger partial charge in [-0.25, -0.2) is 4.98 Å². The van der Waals surface area contributed by atoms with Gasteiger partial charge in [0, 0.05) is 30.4 Å². The van der Waals surface area contributed by atoms with E-state index < -0.39 is 0 Å². The summed E-state index contributed by atoms with van der Waals surface area (Å²) in [6.07, 6.45) is 6.84. The van der Waals surface area contributed by atoms with Crippen molar-refractivity contribution >= 4 is 16.3 Å². The highest BCUT2D eigenvalue weighted by Crippen LogP contribution is 2.18. The Morgan fingerprint density at radius 2 is 2.37 bits per heavy atom. The van der Waals surface area contributed by atoms with Gasteiger partial charge in [0.15, 0.2) is 4.96 Å². The van der Waals surface area contributed by atoms with Gasteiger partial charge in [-0.2, -0.15) is 0 Å². The molecule has 1 unspecified atom stereocenters. The van der Waals surface area contributed by atoms with E-state index in [4.69, 9.17) is 0 Å². The summed E-state index contributed by atoms with van der Waals surface area (Å²) >= 11 is 1.66. The predicted octanol–water partition coefficient (Wildman–Crippen LogP) is 2.68. The molecule has 98 valence electrons. The third-order valence-corrected chi connectivity index (χ3v) is 3.82. The molecule has 0 bridgehead atoms. The van der Waals surface area contributed by atoms with Crippen LogP contribution in [0.4, 0.5) is 0 Å². The highest BCUT2D eigenvalue weighted by Gasteiger charge is 2.14. The Kier molecular flexibility index (Phi) is 3.57. The molecule has 0 saturated carbocycles. The van der Waals surface area contributed by atoms with Crippen molar-refractivity contribution in [3.05, 3.63) is 53.6 Å². The van der Waals surface area contributed by atoms with Gasteiger partial charge in [-0.3, -0.25) is 9.38 Å². The van der Waals surface area contributed by atoms with Crippen LogP contribution in [0.5, 0.6) is 0 Å². The zero-order chi connectivity index (χ0) is 13.1. The fraction of sp³-hybridized carbons (Fsp3) is 0.286. The van der Waals surface area contributed by atoms with Gasteiger partial charge in [-0.1, -0.05) is 13.0 Å². The molecule has 4 nitrogen and oxygen atoms in total. The Labute approximate surface area is 116 Å². The van der Waals surface area contributed by atoms with Crippen LogP contribution in [0.3, 0.4) is 0 Å². The number of likely N-dealkylation sites (N-methyl/N-ethyl adjacent to an activating group) is 1. The van der Waals surface area contributed by atoms with Crippen LogP contribution in [-0.2, 0) is 6.42 Å². The number of aromatic nitrogens is 3. The molecule has 0 aliphatic rings. The third kappa shape index (κ3) is 2.67. The minimum atomic E-state index is 0.218. The molecule has 3 aromatic rings. The van der Waals surface area contributed by atoms with Gasteiger partial charge in [-0.15, -0.1) is 11.3 Å². The van der Waals surface area contributed by atoms with Gasteiger partial charge in [0.05, 0.1) is 17.4 Å². The predicted molar refractivity (Wildman–Crippen MR) is 77.4 cm³/mol. The van der Waals surface area contributed by atoms with Crippen LogP contribution in [0.1, 0.15) is 24.4 Å². The monoisotopic (exact) mass is 272 g/mol. The summed E-state index contributed by atoms with van der Waals surface area (Å²) in [6.45, 7) is 3.03. The van der Waals surface area contributed by atoms with Crippen LogP contribution < -0.4 is 5.32 Å². The molecule has 3 aromatic heterocycles. The Bertz CT molecular complexity index is 615. The standard InChI is InChI=1S/C14H16N4S/c1-2-15-13(12-5-3-4-6-16-12)9-11-10-18-7-8-19-14(18)17-11/h3-8,10,13,15H,2,9H2,1H3. The molecule has 0 radical (unpaired) electrons. The average Bonchev–Trinajstić information content (AvgIpc) is 3.00. The SMILES string of the molecule is CCNC(Cc1cn2ccsc2n1)c1ccccn1. The smallest absolute Gasteiger partial charge is 0.193 e. The minimum Gasteiger partial charge on any atom is -0.309 e. The third-order valence-electron chi connectivity index (χ3n) is 3.05. The van der Waals surface area contributed by atoms with E-state index in [0.29, 0.717) is 0 Å². The first-order valence-electron chi connectivity index (χ1n) is 6.42. The molecule has 0 saturated heterocycles. The van der Waals surface area contributed by atoms with Gasteiger partial charge >= 0.3 is 0 Å². The van der Waals surface area contributed by atoms with E-state index in [1.807, 2.05) is 29.9 Å². The lowest BCUT2D eigenvalue weighted by Gasteiger charge is -2.15. The van der Waals surface area contributed by atoms with E-state index in [-0.39, 0.29) is 6.04 Å². The topological polar surface area (TPSA) is 42.2 Å². The molecule has 5 heteroatoms. The van der Waals surface area contributed by atoms with E-state index in [1.165, 1.54) is 0 Å². The van der Waals surface area contributed by atoms with Crippen molar-refractivity contribution in [1.82, 2.24) is 19.7 Å². The van der Waals surface area contributed by atoms with Crippen molar-refractivity contribution in [2.45, 2.75) is 19.4 Å². The average molecular weight is 272 g/mol. The highest BCUT2D eigenvalue weighted by atomic mass is 32.1. The van der Waals surface area contributed by atoms with Gasteiger partial charge in [0.2, 0.25) is 0 Å². The van der Waals surface area contributed by atoms with Crippen molar-refractivity contribution in [2.24, 2.45) is 0 Å². The van der Waals surface area contributed by atoms with E-state index in [2.05, 4.69) is 38.9 Å². The number of nitrogens with zero attached hydrogens (tertiary/aromatic N) is 3. The molecule has 19 heavy (non-hydrogen) atoms. The molecule has 1 N–H and O–H groups in total. The molecule has 0 spiro atoms. The van der Waals surface area contributed by atoms with E-state index in [1.54, 1.807) is 11.3 Å². The number of nitrogens with one attached hydrogen (secondary N) is 1.